The number of nitrogens with zero attached hydrogens (tertiary/aromatic N) is 4. The van der Waals surface area contributed by atoms with Gasteiger partial charge in [-0.15, -0.1) is 0 Å². The second kappa shape index (κ2) is 6.94. The maximum Gasteiger partial charge on any atom is 0.218 e. The van der Waals surface area contributed by atoms with Crippen molar-refractivity contribution >= 4 is 17.4 Å². The van der Waals surface area contributed by atoms with Crippen molar-refractivity contribution in [3.63, 3.8) is 0 Å². The molecule has 1 fully saturated rings. The molecule has 0 saturated carbocycles. The van der Waals surface area contributed by atoms with E-state index in [1.54, 1.807) is 13.4 Å². The van der Waals surface area contributed by atoms with Gasteiger partial charge in [0.25, 0.3) is 0 Å². The third-order valence-corrected chi connectivity index (χ3v) is 4.06. The summed E-state index contributed by atoms with van der Waals surface area (Å²) in [6.45, 7) is 4.82. The van der Waals surface area contributed by atoms with Crippen LogP contribution >= 0.6 is 11.6 Å². The van der Waals surface area contributed by atoms with Crippen LogP contribution < -0.4 is 9.64 Å². The SMILES string of the molecule is COc1cc(N2CCN(Cc3cccc(Cl)c3)CC2)ncn1. The molecular weight excluding hydrogens is 300 g/mol. The monoisotopic (exact) mass is 318 g/mol. The van der Waals surface area contributed by atoms with Gasteiger partial charge in [0.1, 0.15) is 12.1 Å². The third kappa shape index (κ3) is 3.67. The van der Waals surface area contributed by atoms with Crippen molar-refractivity contribution in [3.05, 3.63) is 47.2 Å². The van der Waals surface area contributed by atoms with Gasteiger partial charge < -0.3 is 9.64 Å². The fourth-order valence-corrected chi connectivity index (χ4v) is 2.86. The highest BCUT2D eigenvalue weighted by Crippen LogP contribution is 2.18. The molecule has 1 saturated heterocycles. The normalized spacial score (nSPS) is 15.8. The molecule has 3 rings (SSSR count). The minimum atomic E-state index is 0.603. The quantitative estimate of drug-likeness (QED) is 0.866. The van der Waals surface area contributed by atoms with Crippen molar-refractivity contribution in [2.75, 3.05) is 38.2 Å². The summed E-state index contributed by atoms with van der Waals surface area (Å²) >= 11 is 6.04. The molecule has 2 aromatic rings. The van der Waals surface area contributed by atoms with E-state index in [1.165, 1.54) is 5.56 Å². The van der Waals surface area contributed by atoms with Crippen molar-refractivity contribution in [2.45, 2.75) is 6.54 Å². The van der Waals surface area contributed by atoms with Gasteiger partial charge in [0.05, 0.1) is 7.11 Å². The molecule has 0 unspecified atom stereocenters. The highest BCUT2D eigenvalue weighted by molar-refractivity contribution is 6.30. The summed E-state index contributed by atoms with van der Waals surface area (Å²) in [5.74, 6) is 1.53. The zero-order valence-corrected chi connectivity index (χ0v) is 13.3. The number of halogens is 1. The Morgan fingerprint density at radius 1 is 1.14 bits per heavy atom. The van der Waals surface area contributed by atoms with Crippen molar-refractivity contribution < 1.29 is 4.74 Å². The van der Waals surface area contributed by atoms with Gasteiger partial charge in [-0.25, -0.2) is 9.97 Å². The summed E-state index contributed by atoms with van der Waals surface area (Å²) in [7, 11) is 1.62. The van der Waals surface area contributed by atoms with E-state index in [0.717, 1.165) is 43.6 Å². The maximum atomic E-state index is 6.04. The molecule has 0 aliphatic carbocycles. The van der Waals surface area contributed by atoms with Crippen LogP contribution in [-0.4, -0.2) is 48.2 Å². The van der Waals surface area contributed by atoms with E-state index in [4.69, 9.17) is 16.3 Å². The fourth-order valence-electron chi connectivity index (χ4n) is 2.64. The van der Waals surface area contributed by atoms with Gasteiger partial charge in [0.15, 0.2) is 0 Å². The van der Waals surface area contributed by atoms with Crippen molar-refractivity contribution in [3.8, 4) is 5.88 Å². The van der Waals surface area contributed by atoms with E-state index < -0.39 is 0 Å². The Balaban J connectivity index is 1.58. The summed E-state index contributed by atoms with van der Waals surface area (Å²) in [5, 5.41) is 0.796. The molecule has 6 heteroatoms. The zero-order chi connectivity index (χ0) is 15.4. The van der Waals surface area contributed by atoms with E-state index in [9.17, 15) is 0 Å². The fraction of sp³-hybridized carbons (Fsp3) is 0.375. The van der Waals surface area contributed by atoms with Crippen LogP contribution in [0.4, 0.5) is 5.82 Å². The lowest BCUT2D eigenvalue weighted by molar-refractivity contribution is 0.249. The van der Waals surface area contributed by atoms with Crippen LogP contribution in [0.15, 0.2) is 36.7 Å². The summed E-state index contributed by atoms with van der Waals surface area (Å²) in [6, 6.07) is 9.94. The molecule has 22 heavy (non-hydrogen) atoms. The highest BCUT2D eigenvalue weighted by atomic mass is 35.5. The van der Waals surface area contributed by atoms with E-state index in [1.807, 2.05) is 24.3 Å². The smallest absolute Gasteiger partial charge is 0.218 e. The van der Waals surface area contributed by atoms with Crippen molar-refractivity contribution in [2.24, 2.45) is 0 Å². The molecule has 0 amide bonds. The summed E-state index contributed by atoms with van der Waals surface area (Å²) in [4.78, 5) is 13.1. The lowest BCUT2D eigenvalue weighted by Crippen LogP contribution is -2.46. The second-order valence-electron chi connectivity index (χ2n) is 5.31. The van der Waals surface area contributed by atoms with Crippen LogP contribution in [0, 0.1) is 0 Å². The largest absolute Gasteiger partial charge is 0.481 e. The molecule has 2 heterocycles. The molecule has 0 atom stereocenters. The molecular formula is C16H19ClN4O. The number of benzene rings is 1. The number of aromatic nitrogens is 2. The maximum absolute atomic E-state index is 6.04. The Labute approximate surface area is 135 Å². The average Bonchev–Trinajstić information content (AvgIpc) is 2.56. The van der Waals surface area contributed by atoms with Crippen molar-refractivity contribution in [1.82, 2.24) is 14.9 Å². The lowest BCUT2D eigenvalue weighted by atomic mass is 10.2. The van der Waals surface area contributed by atoms with Gasteiger partial charge in [-0.05, 0) is 17.7 Å². The molecule has 1 aliphatic rings. The predicted octanol–water partition coefficient (Wildman–Crippen LogP) is 2.46. The summed E-state index contributed by atoms with van der Waals surface area (Å²) < 4.78 is 5.16. The Morgan fingerprint density at radius 2 is 1.95 bits per heavy atom. The Bertz CT molecular complexity index is 629. The second-order valence-corrected chi connectivity index (χ2v) is 5.75. The molecule has 1 aromatic carbocycles. The van der Waals surface area contributed by atoms with Crippen molar-refractivity contribution in [1.29, 1.82) is 0 Å². The van der Waals surface area contributed by atoms with E-state index in [2.05, 4.69) is 25.8 Å². The molecule has 1 aromatic heterocycles. The first-order valence-corrected chi connectivity index (χ1v) is 7.70. The molecule has 0 N–H and O–H groups in total. The van der Waals surface area contributed by atoms with Gasteiger partial charge in [-0.1, -0.05) is 23.7 Å². The minimum absolute atomic E-state index is 0.603. The standard InChI is InChI=1S/C16H19ClN4O/c1-22-16-10-15(18-12-19-16)21-7-5-20(6-8-21)11-13-3-2-4-14(17)9-13/h2-4,9-10,12H,5-8,11H2,1H3. The number of ether oxygens (including phenoxy) is 1. The number of hydrogen-bond acceptors (Lipinski definition) is 5. The Morgan fingerprint density at radius 3 is 2.68 bits per heavy atom. The van der Waals surface area contributed by atoms with Gasteiger partial charge in [-0.2, -0.15) is 0 Å². The molecule has 0 spiro atoms. The topological polar surface area (TPSA) is 41.5 Å². The Kier molecular flexibility index (Phi) is 4.75. The van der Waals surface area contributed by atoms with Crippen LogP contribution in [0.5, 0.6) is 5.88 Å². The minimum Gasteiger partial charge on any atom is -0.481 e. The van der Waals surface area contributed by atoms with E-state index >= 15 is 0 Å². The van der Waals surface area contributed by atoms with Crippen LogP contribution in [-0.2, 0) is 6.54 Å². The average molecular weight is 319 g/mol. The summed E-state index contributed by atoms with van der Waals surface area (Å²) in [6.07, 6.45) is 1.55. The summed E-state index contributed by atoms with van der Waals surface area (Å²) in [5.41, 5.74) is 1.25. The van der Waals surface area contributed by atoms with Gasteiger partial charge in [0.2, 0.25) is 5.88 Å². The molecule has 5 nitrogen and oxygen atoms in total. The van der Waals surface area contributed by atoms with Gasteiger partial charge in [-0.3, -0.25) is 4.90 Å². The van der Waals surface area contributed by atoms with E-state index in [0.29, 0.717) is 5.88 Å². The molecule has 116 valence electrons. The number of piperazine rings is 1. The molecule has 0 bridgehead atoms. The predicted molar refractivity (Wildman–Crippen MR) is 87.5 cm³/mol. The first kappa shape index (κ1) is 15.1. The molecule has 0 radical (unpaired) electrons. The molecule has 1 aliphatic heterocycles. The zero-order valence-electron chi connectivity index (χ0n) is 12.6. The van der Waals surface area contributed by atoms with Gasteiger partial charge in [0, 0.05) is 43.8 Å². The van der Waals surface area contributed by atoms with E-state index in [-0.39, 0.29) is 0 Å². The number of rotatable bonds is 4. The number of methoxy groups -OCH3 is 1. The Hall–Kier alpha value is -1.85. The first-order valence-electron chi connectivity index (χ1n) is 7.32. The third-order valence-electron chi connectivity index (χ3n) is 3.83. The van der Waals surface area contributed by atoms with Crippen LogP contribution in [0.2, 0.25) is 5.02 Å². The van der Waals surface area contributed by atoms with Crippen LogP contribution in [0.1, 0.15) is 5.56 Å². The number of hydrogen-bond donors (Lipinski definition) is 0. The first-order chi connectivity index (χ1) is 10.7. The van der Waals surface area contributed by atoms with Crippen LogP contribution in [0.3, 0.4) is 0 Å². The van der Waals surface area contributed by atoms with Crippen LogP contribution in [0.25, 0.3) is 0 Å². The number of anilines is 1. The van der Waals surface area contributed by atoms with Gasteiger partial charge >= 0.3 is 0 Å². The lowest BCUT2D eigenvalue weighted by Gasteiger charge is -2.35. The highest BCUT2D eigenvalue weighted by Gasteiger charge is 2.18.